The minimum absolute atomic E-state index is 0.0739. The second-order valence-corrected chi connectivity index (χ2v) is 8.01. The number of carbonyl (C=O) groups excluding carboxylic acids is 1. The molecule has 0 bridgehead atoms. The largest absolute Gasteiger partial charge is 0.494 e. The van der Waals surface area contributed by atoms with E-state index in [2.05, 4.69) is 20.7 Å². The van der Waals surface area contributed by atoms with Crippen molar-refractivity contribution in [1.82, 2.24) is 20.2 Å². The van der Waals surface area contributed by atoms with Crippen LogP contribution in [-0.4, -0.2) is 39.2 Å². The van der Waals surface area contributed by atoms with E-state index in [9.17, 15) is 9.18 Å². The minimum Gasteiger partial charge on any atom is -0.494 e. The fourth-order valence-corrected chi connectivity index (χ4v) is 3.90. The molecular formula is C25H22FN5O2S. The van der Waals surface area contributed by atoms with Crippen molar-refractivity contribution in [2.24, 2.45) is 5.10 Å². The third-order valence-corrected chi connectivity index (χ3v) is 5.58. The molecule has 0 saturated carbocycles. The number of hydrazone groups is 1. The predicted molar refractivity (Wildman–Crippen MR) is 131 cm³/mol. The van der Waals surface area contributed by atoms with E-state index in [1.165, 1.54) is 30.1 Å². The lowest BCUT2D eigenvalue weighted by Gasteiger charge is -2.11. The molecule has 0 aliphatic carbocycles. The summed E-state index contributed by atoms with van der Waals surface area (Å²) in [6.45, 7) is 2.52. The Morgan fingerprint density at radius 3 is 2.62 bits per heavy atom. The molecule has 1 amide bonds. The van der Waals surface area contributed by atoms with Gasteiger partial charge in [-0.25, -0.2) is 9.82 Å². The van der Waals surface area contributed by atoms with Crippen molar-refractivity contribution in [2.75, 3.05) is 12.4 Å². The smallest absolute Gasteiger partial charge is 0.250 e. The van der Waals surface area contributed by atoms with E-state index < -0.39 is 0 Å². The maximum atomic E-state index is 13.2. The Kier molecular flexibility index (Phi) is 7.67. The molecule has 172 valence electrons. The van der Waals surface area contributed by atoms with Gasteiger partial charge in [0, 0.05) is 11.3 Å². The zero-order valence-electron chi connectivity index (χ0n) is 18.4. The van der Waals surface area contributed by atoms with Gasteiger partial charge >= 0.3 is 0 Å². The van der Waals surface area contributed by atoms with Crippen molar-refractivity contribution in [3.05, 3.63) is 90.2 Å². The molecule has 1 heterocycles. The van der Waals surface area contributed by atoms with E-state index >= 15 is 0 Å². The third kappa shape index (κ3) is 5.87. The molecule has 4 rings (SSSR count). The lowest BCUT2D eigenvalue weighted by atomic mass is 10.2. The number of thioether (sulfide) groups is 1. The summed E-state index contributed by atoms with van der Waals surface area (Å²) in [5.74, 6) is 0.820. The van der Waals surface area contributed by atoms with E-state index in [1.54, 1.807) is 12.1 Å². The van der Waals surface area contributed by atoms with Crippen molar-refractivity contribution in [3.8, 4) is 22.8 Å². The molecule has 0 aliphatic rings. The van der Waals surface area contributed by atoms with Crippen LogP contribution < -0.4 is 10.2 Å². The maximum absolute atomic E-state index is 13.2. The van der Waals surface area contributed by atoms with Crippen LogP contribution in [0, 0.1) is 5.82 Å². The topological polar surface area (TPSA) is 81.4 Å². The van der Waals surface area contributed by atoms with Gasteiger partial charge in [-0.05, 0) is 48.9 Å². The summed E-state index contributed by atoms with van der Waals surface area (Å²) in [6.07, 6.45) is 1.39. The molecule has 7 nitrogen and oxygen atoms in total. The highest BCUT2D eigenvalue weighted by Crippen LogP contribution is 2.28. The van der Waals surface area contributed by atoms with Crippen molar-refractivity contribution in [3.63, 3.8) is 0 Å². The fourth-order valence-electron chi connectivity index (χ4n) is 3.16. The standard InChI is InChI=1S/C25H22FN5O2S/c1-2-33-22-13-11-21(12-14-22)31-24(19-8-4-3-5-9-19)29-30-25(31)34-17-23(32)28-27-16-18-7-6-10-20(26)15-18/h3-16H,2,17H2,1H3,(H,28,32). The molecule has 1 N–H and O–H groups in total. The Bertz CT molecular complexity index is 1280. The van der Waals surface area contributed by atoms with Crippen molar-refractivity contribution < 1.29 is 13.9 Å². The van der Waals surface area contributed by atoms with E-state index in [0.717, 1.165) is 17.0 Å². The number of benzene rings is 3. The number of hydrogen-bond acceptors (Lipinski definition) is 6. The van der Waals surface area contributed by atoms with E-state index in [0.29, 0.717) is 23.2 Å². The van der Waals surface area contributed by atoms with Crippen molar-refractivity contribution >= 4 is 23.9 Å². The van der Waals surface area contributed by atoms with Crippen LogP contribution >= 0.6 is 11.8 Å². The Morgan fingerprint density at radius 1 is 1.09 bits per heavy atom. The van der Waals surface area contributed by atoms with Gasteiger partial charge in [0.1, 0.15) is 11.6 Å². The predicted octanol–water partition coefficient (Wildman–Crippen LogP) is 4.71. The monoisotopic (exact) mass is 475 g/mol. The molecule has 0 aliphatic heterocycles. The quantitative estimate of drug-likeness (QED) is 0.215. The first-order valence-corrected chi connectivity index (χ1v) is 11.6. The summed E-state index contributed by atoms with van der Waals surface area (Å²) in [5.41, 5.74) is 4.75. The van der Waals surface area contributed by atoms with E-state index in [1.807, 2.05) is 66.1 Å². The van der Waals surface area contributed by atoms with Crippen LogP contribution in [0.4, 0.5) is 4.39 Å². The van der Waals surface area contributed by atoms with Gasteiger partial charge in [-0.3, -0.25) is 9.36 Å². The first-order chi connectivity index (χ1) is 16.6. The number of aromatic nitrogens is 3. The molecule has 0 fully saturated rings. The second kappa shape index (κ2) is 11.2. The summed E-state index contributed by atoms with van der Waals surface area (Å²) in [7, 11) is 0. The van der Waals surface area contributed by atoms with Crippen LogP contribution in [-0.2, 0) is 4.79 Å². The highest BCUT2D eigenvalue weighted by Gasteiger charge is 2.17. The number of ether oxygens (including phenoxy) is 1. The van der Waals surface area contributed by atoms with Gasteiger partial charge in [0.2, 0.25) is 0 Å². The molecule has 0 unspecified atom stereocenters. The van der Waals surface area contributed by atoms with Gasteiger partial charge in [0.05, 0.1) is 18.6 Å². The summed E-state index contributed by atoms with van der Waals surface area (Å²) < 4.78 is 20.7. The highest BCUT2D eigenvalue weighted by atomic mass is 32.2. The van der Waals surface area contributed by atoms with Crippen molar-refractivity contribution in [1.29, 1.82) is 0 Å². The second-order valence-electron chi connectivity index (χ2n) is 7.07. The lowest BCUT2D eigenvalue weighted by Crippen LogP contribution is -2.20. The van der Waals surface area contributed by atoms with Crippen LogP contribution in [0.2, 0.25) is 0 Å². The van der Waals surface area contributed by atoms with Crippen LogP contribution in [0.3, 0.4) is 0 Å². The van der Waals surface area contributed by atoms with Gasteiger partial charge in [-0.1, -0.05) is 54.2 Å². The maximum Gasteiger partial charge on any atom is 0.250 e. The Labute approximate surface area is 200 Å². The van der Waals surface area contributed by atoms with E-state index in [-0.39, 0.29) is 17.5 Å². The first-order valence-electron chi connectivity index (χ1n) is 10.6. The molecule has 0 saturated heterocycles. The molecular weight excluding hydrogens is 453 g/mol. The third-order valence-electron chi connectivity index (χ3n) is 4.66. The molecule has 4 aromatic rings. The highest BCUT2D eigenvalue weighted by molar-refractivity contribution is 7.99. The molecule has 34 heavy (non-hydrogen) atoms. The van der Waals surface area contributed by atoms with Gasteiger partial charge in [0.25, 0.3) is 5.91 Å². The van der Waals surface area contributed by atoms with Crippen LogP contribution in [0.15, 0.2) is 89.1 Å². The number of nitrogens with one attached hydrogen (secondary N) is 1. The molecule has 1 aromatic heterocycles. The van der Waals surface area contributed by atoms with E-state index in [4.69, 9.17) is 4.74 Å². The Hall–Kier alpha value is -3.98. The lowest BCUT2D eigenvalue weighted by molar-refractivity contribution is -0.118. The summed E-state index contributed by atoms with van der Waals surface area (Å²) in [5, 5.41) is 13.2. The number of halogens is 1. The SMILES string of the molecule is CCOc1ccc(-n2c(SCC(=O)NN=Cc3cccc(F)c3)nnc2-c2ccccc2)cc1. The van der Waals surface area contributed by atoms with Crippen LogP contribution in [0.25, 0.3) is 17.1 Å². The number of amides is 1. The normalized spacial score (nSPS) is 11.0. The van der Waals surface area contributed by atoms with Crippen LogP contribution in [0.5, 0.6) is 5.75 Å². The number of carbonyl (C=O) groups is 1. The average molecular weight is 476 g/mol. The van der Waals surface area contributed by atoms with Crippen molar-refractivity contribution in [2.45, 2.75) is 12.1 Å². The van der Waals surface area contributed by atoms with Gasteiger partial charge in [0.15, 0.2) is 11.0 Å². The molecule has 3 aromatic carbocycles. The number of nitrogens with zero attached hydrogens (tertiary/aromatic N) is 4. The molecule has 9 heteroatoms. The first kappa shape index (κ1) is 23.2. The Balaban J connectivity index is 1.51. The van der Waals surface area contributed by atoms with Gasteiger partial charge < -0.3 is 4.74 Å². The van der Waals surface area contributed by atoms with Gasteiger partial charge in [-0.15, -0.1) is 10.2 Å². The fraction of sp³-hybridized carbons (Fsp3) is 0.120. The zero-order chi connectivity index (χ0) is 23.8. The van der Waals surface area contributed by atoms with Gasteiger partial charge in [-0.2, -0.15) is 5.10 Å². The van der Waals surface area contributed by atoms with Crippen LogP contribution in [0.1, 0.15) is 12.5 Å². The molecule has 0 spiro atoms. The molecule has 0 radical (unpaired) electrons. The zero-order valence-corrected chi connectivity index (χ0v) is 19.2. The summed E-state index contributed by atoms with van der Waals surface area (Å²) in [6, 6.07) is 23.3. The average Bonchev–Trinajstić information content (AvgIpc) is 3.28. The summed E-state index contributed by atoms with van der Waals surface area (Å²) >= 11 is 1.24. The summed E-state index contributed by atoms with van der Waals surface area (Å²) in [4.78, 5) is 12.3. The minimum atomic E-state index is -0.367. The number of rotatable bonds is 9. The number of hydrogen-bond donors (Lipinski definition) is 1. The Morgan fingerprint density at radius 2 is 1.88 bits per heavy atom. The molecule has 0 atom stereocenters.